The van der Waals surface area contributed by atoms with E-state index < -0.39 is 0 Å². The molecule has 0 amide bonds. The molecular weight excluding hydrogens is 204 g/mol. The molecule has 0 atom stereocenters. The van der Waals surface area contributed by atoms with E-state index in [4.69, 9.17) is 9.52 Å². The first-order valence-electron chi connectivity index (χ1n) is 5.91. The third kappa shape index (κ3) is 2.61. The van der Waals surface area contributed by atoms with Crippen LogP contribution in [0.5, 0.6) is 0 Å². The molecule has 1 saturated carbocycles. The van der Waals surface area contributed by atoms with Crippen molar-refractivity contribution in [3.8, 4) is 0 Å². The summed E-state index contributed by atoms with van der Waals surface area (Å²) in [6.07, 6.45) is 3.54. The van der Waals surface area contributed by atoms with Crippen LogP contribution in [0, 0.1) is 11.3 Å². The Labute approximate surface area is 96.1 Å². The number of aliphatic hydroxyl groups excluding tert-OH is 1. The number of rotatable bonds is 3. The van der Waals surface area contributed by atoms with E-state index >= 15 is 0 Å². The quantitative estimate of drug-likeness (QED) is 0.857. The zero-order valence-corrected chi connectivity index (χ0v) is 10.2. The summed E-state index contributed by atoms with van der Waals surface area (Å²) >= 11 is 0. The van der Waals surface area contributed by atoms with E-state index in [0.29, 0.717) is 23.1 Å². The molecule has 2 rings (SSSR count). The Kier molecular flexibility index (Phi) is 3.02. The van der Waals surface area contributed by atoms with Crippen LogP contribution in [0.25, 0.3) is 0 Å². The van der Waals surface area contributed by atoms with Crippen LogP contribution in [0.4, 0.5) is 0 Å². The van der Waals surface area contributed by atoms with Crippen molar-refractivity contribution in [3.63, 3.8) is 0 Å². The normalized spacial score (nSPS) is 25.5. The van der Waals surface area contributed by atoms with E-state index in [2.05, 4.69) is 31.0 Å². The van der Waals surface area contributed by atoms with E-state index in [0.717, 1.165) is 18.8 Å². The molecule has 1 N–H and O–H groups in total. The largest absolute Gasteiger partial charge is 0.422 e. The van der Waals surface area contributed by atoms with Crippen LogP contribution in [0.3, 0.4) is 0 Å². The smallest absolute Gasteiger partial charge is 0.241 e. The summed E-state index contributed by atoms with van der Waals surface area (Å²) in [7, 11) is 0. The van der Waals surface area contributed by atoms with Crippen LogP contribution >= 0.6 is 0 Å². The van der Waals surface area contributed by atoms with Gasteiger partial charge in [0.05, 0.1) is 0 Å². The van der Waals surface area contributed by atoms with Crippen molar-refractivity contribution in [1.29, 1.82) is 0 Å². The molecule has 0 saturated heterocycles. The number of hydrogen-bond acceptors (Lipinski definition) is 4. The summed E-state index contributed by atoms with van der Waals surface area (Å²) in [5, 5.41) is 16.6. The molecule has 0 spiro atoms. The van der Waals surface area contributed by atoms with Crippen molar-refractivity contribution in [1.82, 2.24) is 10.2 Å². The molecule has 0 radical (unpaired) electrons. The molecule has 16 heavy (non-hydrogen) atoms. The second kappa shape index (κ2) is 4.17. The van der Waals surface area contributed by atoms with Crippen LogP contribution in [0.15, 0.2) is 4.42 Å². The van der Waals surface area contributed by atoms with E-state index in [-0.39, 0.29) is 6.61 Å². The van der Waals surface area contributed by atoms with Gasteiger partial charge in [-0.15, -0.1) is 10.2 Å². The SMILES string of the molecule is CC(C)(C)CC1CC(c2nnc(CO)o2)C1. The molecule has 0 unspecified atom stereocenters. The average molecular weight is 224 g/mol. The first kappa shape index (κ1) is 11.6. The summed E-state index contributed by atoms with van der Waals surface area (Å²) in [5.41, 5.74) is 0.404. The van der Waals surface area contributed by atoms with Crippen molar-refractivity contribution < 1.29 is 9.52 Å². The summed E-state index contributed by atoms with van der Waals surface area (Å²) in [6.45, 7) is 6.66. The highest BCUT2D eigenvalue weighted by Crippen LogP contribution is 2.46. The standard InChI is InChI=1S/C12H20N2O2/c1-12(2,3)6-8-4-9(5-8)11-14-13-10(7-15)16-11/h8-9,15H,4-7H2,1-3H3. The molecule has 0 bridgehead atoms. The van der Waals surface area contributed by atoms with E-state index in [9.17, 15) is 0 Å². The maximum absolute atomic E-state index is 8.83. The third-order valence-electron chi connectivity index (χ3n) is 3.10. The highest BCUT2D eigenvalue weighted by molar-refractivity contribution is 5.00. The van der Waals surface area contributed by atoms with E-state index in [1.807, 2.05) is 0 Å². The summed E-state index contributed by atoms with van der Waals surface area (Å²) in [6, 6.07) is 0. The number of hydrogen-bond donors (Lipinski definition) is 1. The van der Waals surface area contributed by atoms with Crippen molar-refractivity contribution in [2.75, 3.05) is 0 Å². The first-order valence-corrected chi connectivity index (χ1v) is 5.91. The van der Waals surface area contributed by atoms with E-state index in [1.165, 1.54) is 6.42 Å². The van der Waals surface area contributed by atoms with Crippen LogP contribution in [0.1, 0.15) is 57.7 Å². The molecule has 90 valence electrons. The molecule has 0 aromatic carbocycles. The summed E-state index contributed by atoms with van der Waals surface area (Å²) < 4.78 is 5.34. The molecular formula is C12H20N2O2. The maximum atomic E-state index is 8.83. The zero-order chi connectivity index (χ0) is 11.8. The fraction of sp³-hybridized carbons (Fsp3) is 0.833. The van der Waals surface area contributed by atoms with Crippen LogP contribution < -0.4 is 0 Å². The van der Waals surface area contributed by atoms with Crippen LogP contribution in [0.2, 0.25) is 0 Å². The molecule has 0 aliphatic heterocycles. The lowest BCUT2D eigenvalue weighted by Gasteiger charge is -2.37. The molecule has 1 fully saturated rings. The lowest BCUT2D eigenvalue weighted by atomic mass is 9.68. The van der Waals surface area contributed by atoms with Gasteiger partial charge < -0.3 is 9.52 Å². The highest BCUT2D eigenvalue weighted by Gasteiger charge is 2.36. The number of aliphatic hydroxyl groups is 1. The molecule has 1 aliphatic rings. The van der Waals surface area contributed by atoms with Crippen LogP contribution in [-0.2, 0) is 6.61 Å². The average Bonchev–Trinajstić information content (AvgIpc) is 2.56. The molecule has 1 heterocycles. The Hall–Kier alpha value is -0.900. The lowest BCUT2D eigenvalue weighted by Crippen LogP contribution is -2.26. The number of aromatic nitrogens is 2. The van der Waals surface area contributed by atoms with E-state index in [1.54, 1.807) is 0 Å². The minimum absolute atomic E-state index is 0.162. The van der Waals surface area contributed by atoms with Gasteiger partial charge in [0, 0.05) is 5.92 Å². The fourth-order valence-electron chi connectivity index (χ4n) is 2.47. The Morgan fingerprint density at radius 1 is 1.31 bits per heavy atom. The van der Waals surface area contributed by atoms with Gasteiger partial charge >= 0.3 is 0 Å². The third-order valence-corrected chi connectivity index (χ3v) is 3.10. The molecule has 1 aliphatic carbocycles. The molecule has 4 heteroatoms. The minimum Gasteiger partial charge on any atom is -0.422 e. The van der Waals surface area contributed by atoms with Gasteiger partial charge in [-0.2, -0.15) is 0 Å². The van der Waals surface area contributed by atoms with Crippen molar-refractivity contribution in [3.05, 3.63) is 11.8 Å². The maximum Gasteiger partial charge on any atom is 0.241 e. The van der Waals surface area contributed by atoms with Gasteiger partial charge in [-0.25, -0.2) is 0 Å². The van der Waals surface area contributed by atoms with Gasteiger partial charge in [0.1, 0.15) is 6.61 Å². The Balaban J connectivity index is 1.84. The summed E-state index contributed by atoms with van der Waals surface area (Å²) in [4.78, 5) is 0. The first-order chi connectivity index (χ1) is 7.48. The molecule has 1 aromatic heterocycles. The minimum atomic E-state index is -0.162. The van der Waals surface area contributed by atoms with Crippen molar-refractivity contribution in [2.24, 2.45) is 11.3 Å². The molecule has 1 aromatic rings. The predicted octanol–water partition coefficient (Wildman–Crippen LogP) is 2.49. The van der Waals surface area contributed by atoms with Crippen molar-refractivity contribution >= 4 is 0 Å². The second-order valence-corrected chi connectivity index (χ2v) is 5.99. The Morgan fingerprint density at radius 3 is 2.50 bits per heavy atom. The second-order valence-electron chi connectivity index (χ2n) is 5.99. The topological polar surface area (TPSA) is 59.2 Å². The number of nitrogens with zero attached hydrogens (tertiary/aromatic N) is 2. The lowest BCUT2D eigenvalue weighted by molar-refractivity contribution is 0.156. The fourth-order valence-corrected chi connectivity index (χ4v) is 2.47. The van der Waals surface area contributed by atoms with Crippen molar-refractivity contribution in [2.45, 2.75) is 52.6 Å². The van der Waals surface area contributed by atoms with Gasteiger partial charge in [-0.3, -0.25) is 0 Å². The monoisotopic (exact) mass is 224 g/mol. The predicted molar refractivity (Wildman–Crippen MR) is 59.8 cm³/mol. The zero-order valence-electron chi connectivity index (χ0n) is 10.2. The molecule has 4 nitrogen and oxygen atoms in total. The van der Waals surface area contributed by atoms with Gasteiger partial charge in [0.15, 0.2) is 0 Å². The van der Waals surface area contributed by atoms with Crippen LogP contribution in [-0.4, -0.2) is 15.3 Å². The summed E-state index contributed by atoms with van der Waals surface area (Å²) in [5.74, 6) is 2.23. The van der Waals surface area contributed by atoms with Gasteiger partial charge in [0.2, 0.25) is 11.8 Å². The Morgan fingerprint density at radius 2 is 2.00 bits per heavy atom. The van der Waals surface area contributed by atoms with Gasteiger partial charge in [-0.05, 0) is 30.6 Å². The highest BCUT2D eigenvalue weighted by atomic mass is 16.4. The Bertz CT molecular complexity index is 348. The van der Waals surface area contributed by atoms with Gasteiger partial charge in [-0.1, -0.05) is 20.8 Å². The van der Waals surface area contributed by atoms with Gasteiger partial charge in [0.25, 0.3) is 0 Å².